The molecular weight excluding hydrogens is 346 g/mol. The standard InChI is InChI=1S/C12H14BrN3O3S/c1-18-11-4-8(2-3-10(11)13)14-5-9(17)7-19-12-6-15-20-16-12/h2-4,6,9,14,17H,5,7H2,1H3. The van der Waals surface area contributed by atoms with Gasteiger partial charge in [0.15, 0.2) is 0 Å². The number of rotatable bonds is 7. The van der Waals surface area contributed by atoms with Gasteiger partial charge in [-0.25, -0.2) is 0 Å². The molecule has 0 spiro atoms. The first-order valence-electron chi connectivity index (χ1n) is 5.85. The van der Waals surface area contributed by atoms with Gasteiger partial charge in [-0.1, -0.05) is 0 Å². The van der Waals surface area contributed by atoms with E-state index in [4.69, 9.17) is 9.47 Å². The van der Waals surface area contributed by atoms with Crippen molar-refractivity contribution < 1.29 is 14.6 Å². The molecule has 0 radical (unpaired) electrons. The summed E-state index contributed by atoms with van der Waals surface area (Å²) in [5, 5.41) is 12.9. The summed E-state index contributed by atoms with van der Waals surface area (Å²) in [6, 6.07) is 5.62. The quantitative estimate of drug-likeness (QED) is 0.788. The molecule has 1 aromatic carbocycles. The second-order valence-electron chi connectivity index (χ2n) is 3.94. The summed E-state index contributed by atoms with van der Waals surface area (Å²) >= 11 is 4.45. The first-order valence-corrected chi connectivity index (χ1v) is 7.37. The molecule has 1 atom stereocenters. The number of aliphatic hydroxyl groups excluding tert-OH is 1. The lowest BCUT2D eigenvalue weighted by atomic mass is 10.3. The van der Waals surface area contributed by atoms with Gasteiger partial charge in [0.2, 0.25) is 5.88 Å². The van der Waals surface area contributed by atoms with Crippen LogP contribution in [0.1, 0.15) is 0 Å². The number of nitrogens with one attached hydrogen (secondary N) is 1. The zero-order valence-corrected chi connectivity index (χ0v) is 13.1. The van der Waals surface area contributed by atoms with Crippen LogP contribution in [0.4, 0.5) is 5.69 Å². The van der Waals surface area contributed by atoms with Crippen molar-refractivity contribution in [3.63, 3.8) is 0 Å². The molecule has 2 rings (SSSR count). The van der Waals surface area contributed by atoms with Crippen molar-refractivity contribution in [1.82, 2.24) is 8.75 Å². The van der Waals surface area contributed by atoms with Crippen molar-refractivity contribution in [3.8, 4) is 11.6 Å². The number of nitrogens with zero attached hydrogens (tertiary/aromatic N) is 2. The molecule has 0 saturated carbocycles. The summed E-state index contributed by atoms with van der Waals surface area (Å²) in [7, 11) is 1.61. The highest BCUT2D eigenvalue weighted by Crippen LogP contribution is 2.27. The summed E-state index contributed by atoms with van der Waals surface area (Å²) in [5.74, 6) is 1.16. The first kappa shape index (κ1) is 15.0. The van der Waals surface area contributed by atoms with Gasteiger partial charge < -0.3 is 19.9 Å². The van der Waals surface area contributed by atoms with E-state index in [0.717, 1.165) is 27.6 Å². The minimum Gasteiger partial charge on any atom is -0.495 e. The van der Waals surface area contributed by atoms with Crippen molar-refractivity contribution in [1.29, 1.82) is 0 Å². The van der Waals surface area contributed by atoms with Gasteiger partial charge in [0, 0.05) is 18.3 Å². The predicted octanol–water partition coefficient (Wildman–Crippen LogP) is 2.16. The minimum atomic E-state index is -0.647. The molecule has 0 aliphatic carbocycles. The molecule has 0 amide bonds. The van der Waals surface area contributed by atoms with Crippen molar-refractivity contribution in [3.05, 3.63) is 28.9 Å². The second-order valence-corrected chi connectivity index (χ2v) is 5.35. The predicted molar refractivity (Wildman–Crippen MR) is 80.6 cm³/mol. The maximum Gasteiger partial charge on any atom is 0.245 e. The Morgan fingerprint density at radius 2 is 2.35 bits per heavy atom. The van der Waals surface area contributed by atoms with Crippen molar-refractivity contribution in [2.45, 2.75) is 6.10 Å². The van der Waals surface area contributed by atoms with E-state index in [1.165, 1.54) is 6.20 Å². The SMILES string of the molecule is COc1cc(NCC(O)COc2cnsn2)ccc1Br. The van der Waals surface area contributed by atoms with Crippen molar-refractivity contribution >= 4 is 33.3 Å². The Balaban J connectivity index is 1.79. The van der Waals surface area contributed by atoms with E-state index in [9.17, 15) is 5.11 Å². The van der Waals surface area contributed by atoms with E-state index in [0.29, 0.717) is 12.4 Å². The third-order valence-corrected chi connectivity index (χ3v) is 3.57. The Labute approximate surface area is 129 Å². The second kappa shape index (κ2) is 7.41. The number of methoxy groups -OCH3 is 1. The van der Waals surface area contributed by atoms with Crippen LogP contribution in [0, 0.1) is 0 Å². The lowest BCUT2D eigenvalue weighted by Crippen LogP contribution is -2.26. The molecule has 8 heteroatoms. The van der Waals surface area contributed by atoms with Crippen LogP contribution in [0.2, 0.25) is 0 Å². The number of hydrogen-bond donors (Lipinski definition) is 2. The van der Waals surface area contributed by atoms with Gasteiger partial charge in [-0.05, 0) is 28.1 Å². The van der Waals surface area contributed by atoms with Crippen LogP contribution in [0.3, 0.4) is 0 Å². The Bertz CT molecular complexity index is 539. The fourth-order valence-electron chi connectivity index (χ4n) is 1.47. The summed E-state index contributed by atoms with van der Waals surface area (Å²) in [6.07, 6.45) is 0.871. The fraction of sp³-hybridized carbons (Fsp3) is 0.333. The average molecular weight is 360 g/mol. The highest BCUT2D eigenvalue weighted by Gasteiger charge is 2.07. The van der Waals surface area contributed by atoms with Crippen molar-refractivity contribution in [2.24, 2.45) is 0 Å². The third-order valence-electron chi connectivity index (χ3n) is 2.46. The summed E-state index contributed by atoms with van der Waals surface area (Å²) in [5.41, 5.74) is 0.861. The maximum absolute atomic E-state index is 9.82. The van der Waals surface area contributed by atoms with E-state index in [2.05, 4.69) is 30.0 Å². The van der Waals surface area contributed by atoms with Gasteiger partial charge >= 0.3 is 0 Å². The van der Waals surface area contributed by atoms with Gasteiger partial charge in [0.1, 0.15) is 24.7 Å². The van der Waals surface area contributed by atoms with Crippen LogP contribution in [-0.4, -0.2) is 40.2 Å². The van der Waals surface area contributed by atoms with Crippen LogP contribution in [-0.2, 0) is 0 Å². The molecule has 0 bridgehead atoms. The van der Waals surface area contributed by atoms with Gasteiger partial charge in [-0.15, -0.1) is 4.37 Å². The zero-order chi connectivity index (χ0) is 14.4. The number of anilines is 1. The fourth-order valence-corrected chi connectivity index (χ4v) is 2.24. The molecule has 6 nitrogen and oxygen atoms in total. The number of aromatic nitrogens is 2. The highest BCUT2D eigenvalue weighted by atomic mass is 79.9. The van der Waals surface area contributed by atoms with E-state index < -0.39 is 6.10 Å². The molecule has 2 aromatic rings. The van der Waals surface area contributed by atoms with Crippen LogP contribution in [0.15, 0.2) is 28.9 Å². The molecule has 0 saturated heterocycles. The molecule has 0 aliphatic heterocycles. The summed E-state index contributed by atoms with van der Waals surface area (Å²) < 4.78 is 19.1. The number of aliphatic hydroxyl groups is 1. The number of ether oxygens (including phenoxy) is 2. The van der Waals surface area contributed by atoms with Gasteiger partial charge in [0.25, 0.3) is 0 Å². The molecular formula is C12H14BrN3O3S. The lowest BCUT2D eigenvalue weighted by Gasteiger charge is -2.13. The normalized spacial score (nSPS) is 11.9. The topological polar surface area (TPSA) is 76.5 Å². The molecule has 1 aromatic heterocycles. The monoisotopic (exact) mass is 359 g/mol. The summed E-state index contributed by atoms with van der Waals surface area (Å²) in [6.45, 7) is 0.522. The largest absolute Gasteiger partial charge is 0.495 e. The number of hydrogen-bond acceptors (Lipinski definition) is 7. The molecule has 0 fully saturated rings. The Morgan fingerprint density at radius 1 is 1.50 bits per heavy atom. The molecule has 2 N–H and O–H groups in total. The van der Waals surface area contributed by atoms with Crippen LogP contribution >= 0.6 is 27.7 Å². The van der Waals surface area contributed by atoms with Gasteiger partial charge in [-0.2, -0.15) is 4.37 Å². The Hall–Kier alpha value is -1.38. The van der Waals surface area contributed by atoms with E-state index >= 15 is 0 Å². The van der Waals surface area contributed by atoms with Crippen molar-refractivity contribution in [2.75, 3.05) is 25.6 Å². The van der Waals surface area contributed by atoms with E-state index in [1.807, 2.05) is 18.2 Å². The van der Waals surface area contributed by atoms with E-state index in [1.54, 1.807) is 7.11 Å². The highest BCUT2D eigenvalue weighted by molar-refractivity contribution is 9.10. The first-order chi connectivity index (χ1) is 9.69. The van der Waals surface area contributed by atoms with Gasteiger partial charge in [0.05, 0.1) is 23.3 Å². The molecule has 20 heavy (non-hydrogen) atoms. The molecule has 108 valence electrons. The lowest BCUT2D eigenvalue weighted by molar-refractivity contribution is 0.115. The van der Waals surface area contributed by atoms with Gasteiger partial charge in [-0.3, -0.25) is 0 Å². The van der Waals surface area contributed by atoms with Crippen LogP contribution in [0.5, 0.6) is 11.6 Å². The zero-order valence-electron chi connectivity index (χ0n) is 10.7. The maximum atomic E-state index is 9.82. The molecule has 0 aliphatic rings. The Kier molecular flexibility index (Phi) is 5.57. The smallest absolute Gasteiger partial charge is 0.245 e. The Morgan fingerprint density at radius 3 is 3.05 bits per heavy atom. The van der Waals surface area contributed by atoms with Crippen LogP contribution < -0.4 is 14.8 Å². The average Bonchev–Trinajstić information content (AvgIpc) is 2.97. The molecule has 1 unspecified atom stereocenters. The summed E-state index contributed by atoms with van der Waals surface area (Å²) in [4.78, 5) is 0. The van der Waals surface area contributed by atoms with E-state index in [-0.39, 0.29) is 6.61 Å². The molecule has 1 heterocycles. The number of benzene rings is 1. The number of halogens is 1. The third kappa shape index (κ3) is 4.32. The van der Waals surface area contributed by atoms with Crippen LogP contribution in [0.25, 0.3) is 0 Å². The minimum absolute atomic E-state index is 0.159.